The molecule has 2 aromatic carbocycles. The summed E-state index contributed by atoms with van der Waals surface area (Å²) in [5.74, 6) is 0.609. The van der Waals surface area contributed by atoms with Crippen LogP contribution in [0.3, 0.4) is 0 Å². The Morgan fingerprint density at radius 3 is 2.52 bits per heavy atom. The van der Waals surface area contributed by atoms with Crippen molar-refractivity contribution < 1.29 is 9.66 Å². The predicted octanol–water partition coefficient (Wildman–Crippen LogP) is 4.96. The van der Waals surface area contributed by atoms with Gasteiger partial charge in [0, 0.05) is 21.7 Å². The fourth-order valence-corrected chi connectivity index (χ4v) is 3.59. The van der Waals surface area contributed by atoms with Gasteiger partial charge in [-0.25, -0.2) is 0 Å². The van der Waals surface area contributed by atoms with E-state index in [0.717, 1.165) is 14.5 Å². The lowest BCUT2D eigenvalue weighted by Crippen LogP contribution is -2.20. The number of rotatable bonds is 2. The molecule has 0 aliphatic carbocycles. The second-order valence-corrected chi connectivity index (χ2v) is 6.31. The van der Waals surface area contributed by atoms with Crippen molar-refractivity contribution in [2.45, 2.75) is 6.10 Å². The van der Waals surface area contributed by atoms with Gasteiger partial charge < -0.3 is 4.74 Å². The predicted molar refractivity (Wildman–Crippen MR) is 86.6 cm³/mol. The fraction of sp³-hybridized carbons (Fsp3) is 0.0667. The first kappa shape index (κ1) is 14.3. The second-order valence-electron chi connectivity index (χ2n) is 4.54. The molecule has 0 bridgehead atoms. The molecule has 0 aromatic heterocycles. The summed E-state index contributed by atoms with van der Waals surface area (Å²) >= 11 is 6.81. The molecular weight excluding hydrogens is 402 g/mol. The van der Waals surface area contributed by atoms with E-state index >= 15 is 0 Å². The van der Waals surface area contributed by atoms with Crippen LogP contribution < -0.4 is 4.74 Å². The average Bonchev–Trinajstić information content (AvgIpc) is 2.46. The third-order valence-corrected chi connectivity index (χ3v) is 4.20. The minimum absolute atomic E-state index is 0.0266. The van der Waals surface area contributed by atoms with Gasteiger partial charge in [-0.3, -0.25) is 10.1 Å². The molecule has 4 nitrogen and oxygen atoms in total. The summed E-state index contributed by atoms with van der Waals surface area (Å²) in [4.78, 5) is 11.0. The van der Waals surface area contributed by atoms with E-state index in [2.05, 4.69) is 31.9 Å². The molecule has 1 aliphatic rings. The molecular formula is C15H9Br2NO3. The van der Waals surface area contributed by atoms with E-state index in [1.165, 1.54) is 0 Å². The Labute approximate surface area is 137 Å². The van der Waals surface area contributed by atoms with Crippen LogP contribution in [0.5, 0.6) is 5.75 Å². The first-order valence-electron chi connectivity index (χ1n) is 6.13. The van der Waals surface area contributed by atoms with Crippen LogP contribution in [-0.2, 0) is 0 Å². The molecule has 0 saturated carbocycles. The van der Waals surface area contributed by atoms with Crippen molar-refractivity contribution >= 4 is 37.9 Å². The summed E-state index contributed by atoms with van der Waals surface area (Å²) < 4.78 is 7.48. The number of nitro groups is 1. The minimum Gasteiger partial charge on any atom is -0.473 e. The first-order valence-corrected chi connectivity index (χ1v) is 7.71. The molecule has 0 unspecified atom stereocenters. The molecule has 6 heteroatoms. The molecule has 0 amide bonds. The molecule has 0 N–H and O–H groups in total. The number of ether oxygens (including phenoxy) is 1. The number of nitrogens with zero attached hydrogens (tertiary/aromatic N) is 1. The molecule has 2 aromatic rings. The van der Waals surface area contributed by atoms with E-state index < -0.39 is 11.0 Å². The summed E-state index contributed by atoms with van der Waals surface area (Å²) in [6.45, 7) is 0. The van der Waals surface area contributed by atoms with Crippen LogP contribution >= 0.6 is 31.9 Å². The Morgan fingerprint density at radius 1 is 1.14 bits per heavy atom. The zero-order valence-corrected chi connectivity index (χ0v) is 13.8. The maximum atomic E-state index is 11.4. The van der Waals surface area contributed by atoms with Crippen LogP contribution in [0.15, 0.2) is 57.1 Å². The molecule has 0 radical (unpaired) electrons. The van der Waals surface area contributed by atoms with Gasteiger partial charge in [0.2, 0.25) is 6.10 Å². The van der Waals surface area contributed by atoms with Gasteiger partial charge in [-0.05, 0) is 28.1 Å². The van der Waals surface area contributed by atoms with Crippen molar-refractivity contribution in [3.63, 3.8) is 0 Å². The quantitative estimate of drug-likeness (QED) is 0.519. The maximum Gasteiger partial charge on any atom is 0.291 e. The van der Waals surface area contributed by atoms with Crippen LogP contribution in [0.25, 0.3) is 6.08 Å². The van der Waals surface area contributed by atoms with Gasteiger partial charge in [0.05, 0.1) is 9.40 Å². The van der Waals surface area contributed by atoms with Crippen LogP contribution in [0.2, 0.25) is 0 Å². The Bertz CT molecular complexity index is 744. The maximum absolute atomic E-state index is 11.4. The van der Waals surface area contributed by atoms with Crippen LogP contribution in [-0.4, -0.2) is 4.92 Å². The van der Waals surface area contributed by atoms with Gasteiger partial charge in [0.25, 0.3) is 5.70 Å². The lowest BCUT2D eigenvalue weighted by atomic mass is 10.0. The zero-order chi connectivity index (χ0) is 15.0. The van der Waals surface area contributed by atoms with Crippen LogP contribution in [0, 0.1) is 10.1 Å². The molecule has 1 heterocycles. The monoisotopic (exact) mass is 409 g/mol. The largest absolute Gasteiger partial charge is 0.473 e. The van der Waals surface area contributed by atoms with Crippen molar-refractivity contribution in [2.75, 3.05) is 0 Å². The summed E-state index contributed by atoms with van der Waals surface area (Å²) in [5, 5.41) is 11.4. The molecule has 21 heavy (non-hydrogen) atoms. The molecule has 1 atom stereocenters. The normalized spacial score (nSPS) is 16.7. The third kappa shape index (κ3) is 2.73. The highest BCUT2D eigenvalue weighted by Gasteiger charge is 2.34. The summed E-state index contributed by atoms with van der Waals surface area (Å²) in [7, 11) is 0. The Morgan fingerprint density at radius 2 is 1.86 bits per heavy atom. The first-order chi connectivity index (χ1) is 10.1. The smallest absolute Gasteiger partial charge is 0.291 e. The highest BCUT2D eigenvalue weighted by molar-refractivity contribution is 9.11. The molecule has 3 rings (SSSR count). The Balaban J connectivity index is 2.15. The summed E-state index contributed by atoms with van der Waals surface area (Å²) in [6, 6.07) is 12.8. The van der Waals surface area contributed by atoms with Gasteiger partial charge in [0.15, 0.2) is 0 Å². The number of halogens is 2. The summed E-state index contributed by atoms with van der Waals surface area (Å²) in [6.07, 6.45) is 0.845. The summed E-state index contributed by atoms with van der Waals surface area (Å²) in [5.41, 5.74) is 1.45. The van der Waals surface area contributed by atoms with Crippen molar-refractivity contribution in [2.24, 2.45) is 0 Å². The lowest BCUT2D eigenvalue weighted by molar-refractivity contribution is -0.434. The van der Waals surface area contributed by atoms with Crippen molar-refractivity contribution in [3.05, 3.63) is 78.3 Å². The van der Waals surface area contributed by atoms with Gasteiger partial charge in [0.1, 0.15) is 5.75 Å². The topological polar surface area (TPSA) is 52.4 Å². The van der Waals surface area contributed by atoms with Gasteiger partial charge >= 0.3 is 0 Å². The number of benzene rings is 2. The standard InChI is InChI=1S/C15H9Br2NO3/c16-11-6-10-7-13(18(19)20)15(9-4-2-1-3-5-9)21-14(10)12(17)8-11/h1-8,15H/t15-/m1/s1. The Hall–Kier alpha value is -1.66. The van der Waals surface area contributed by atoms with E-state index in [1.807, 2.05) is 36.4 Å². The minimum atomic E-state index is -0.717. The number of hydrogen-bond acceptors (Lipinski definition) is 3. The van der Waals surface area contributed by atoms with Gasteiger partial charge in [-0.15, -0.1) is 0 Å². The highest BCUT2D eigenvalue weighted by atomic mass is 79.9. The SMILES string of the molecule is O=[N+]([O-])C1=Cc2cc(Br)cc(Br)c2O[C@@H]1c1ccccc1. The Kier molecular flexibility index (Phi) is 3.82. The van der Waals surface area contributed by atoms with Gasteiger partial charge in [-0.1, -0.05) is 46.3 Å². The van der Waals surface area contributed by atoms with Crippen LogP contribution in [0.1, 0.15) is 17.2 Å². The van der Waals surface area contributed by atoms with Crippen molar-refractivity contribution in [3.8, 4) is 5.75 Å². The molecule has 0 fully saturated rings. The van der Waals surface area contributed by atoms with E-state index in [1.54, 1.807) is 12.1 Å². The van der Waals surface area contributed by atoms with E-state index in [0.29, 0.717) is 11.3 Å². The zero-order valence-electron chi connectivity index (χ0n) is 10.6. The second kappa shape index (κ2) is 5.61. The van der Waals surface area contributed by atoms with Crippen LogP contribution in [0.4, 0.5) is 0 Å². The van der Waals surface area contributed by atoms with E-state index in [9.17, 15) is 10.1 Å². The van der Waals surface area contributed by atoms with E-state index in [-0.39, 0.29) is 5.70 Å². The molecule has 0 saturated heterocycles. The fourth-order valence-electron chi connectivity index (χ4n) is 2.24. The van der Waals surface area contributed by atoms with E-state index in [4.69, 9.17) is 4.74 Å². The average molecular weight is 411 g/mol. The number of hydrogen-bond donors (Lipinski definition) is 0. The highest BCUT2D eigenvalue weighted by Crippen LogP contribution is 2.42. The third-order valence-electron chi connectivity index (χ3n) is 3.16. The van der Waals surface area contributed by atoms with Crippen molar-refractivity contribution in [1.29, 1.82) is 0 Å². The molecule has 0 spiro atoms. The lowest BCUT2D eigenvalue weighted by Gasteiger charge is -2.23. The van der Waals surface area contributed by atoms with Gasteiger partial charge in [-0.2, -0.15) is 0 Å². The number of fused-ring (bicyclic) bond motifs is 1. The molecule has 1 aliphatic heterocycles. The molecule has 106 valence electrons. The van der Waals surface area contributed by atoms with Crippen molar-refractivity contribution in [1.82, 2.24) is 0 Å².